The summed E-state index contributed by atoms with van der Waals surface area (Å²) in [7, 11) is 1.49. The molecule has 0 aliphatic carbocycles. The highest BCUT2D eigenvalue weighted by Crippen LogP contribution is 2.31. The van der Waals surface area contributed by atoms with Gasteiger partial charge in [0.15, 0.2) is 10.8 Å². The number of nitrogens with one attached hydrogen (secondary N) is 1. The number of ether oxygens (including phenoxy) is 1. The fourth-order valence-corrected chi connectivity index (χ4v) is 2.57. The van der Waals surface area contributed by atoms with Crippen LogP contribution in [-0.4, -0.2) is 26.9 Å². The number of nitrogens with two attached hydrogens (primary N) is 1. The predicted octanol–water partition coefficient (Wildman–Crippen LogP) is 3.27. The van der Waals surface area contributed by atoms with E-state index < -0.39 is 10.5 Å². The van der Waals surface area contributed by atoms with Gasteiger partial charge < -0.3 is 10.5 Å². The number of aromatic amines is 1. The Bertz CT molecular complexity index is 1130. The van der Waals surface area contributed by atoms with Crippen LogP contribution in [-0.2, 0) is 0 Å². The van der Waals surface area contributed by atoms with Gasteiger partial charge in [0.05, 0.1) is 17.7 Å². The van der Waals surface area contributed by atoms with Crippen molar-refractivity contribution < 1.29 is 9.66 Å². The summed E-state index contributed by atoms with van der Waals surface area (Å²) in [6.45, 7) is 0. The van der Waals surface area contributed by atoms with Crippen LogP contribution in [0, 0.1) is 10.1 Å². The van der Waals surface area contributed by atoms with Crippen molar-refractivity contribution >= 4 is 34.4 Å². The van der Waals surface area contributed by atoms with Gasteiger partial charge in [-0.3, -0.25) is 20.0 Å². The third-order valence-corrected chi connectivity index (χ3v) is 3.98. The first-order chi connectivity index (χ1) is 13.4. The number of H-pyrrole nitrogens is 1. The van der Waals surface area contributed by atoms with Gasteiger partial charge in [-0.15, -0.1) is 10.2 Å². The van der Waals surface area contributed by atoms with Gasteiger partial charge >= 0.3 is 5.56 Å². The molecule has 0 atom stereocenters. The molecule has 0 spiro atoms. The van der Waals surface area contributed by atoms with E-state index in [0.717, 1.165) is 4.68 Å². The molecule has 0 saturated carbocycles. The SMILES string of the molecule is COc1ccccc1N=Nc1c(-c2ccc([N+](=O)[O-])cc2)[nH]n(C(N)=S)c1=O. The Morgan fingerprint density at radius 2 is 1.89 bits per heavy atom. The van der Waals surface area contributed by atoms with Gasteiger partial charge in [-0.05, 0) is 36.5 Å². The summed E-state index contributed by atoms with van der Waals surface area (Å²) in [6.07, 6.45) is 0. The van der Waals surface area contributed by atoms with E-state index in [1.807, 2.05) is 0 Å². The molecule has 3 N–H and O–H groups in total. The van der Waals surface area contributed by atoms with E-state index in [9.17, 15) is 14.9 Å². The van der Waals surface area contributed by atoms with Crippen LogP contribution in [0.4, 0.5) is 17.1 Å². The van der Waals surface area contributed by atoms with Crippen LogP contribution in [0.5, 0.6) is 5.75 Å². The molecule has 11 heteroatoms. The topological polar surface area (TPSA) is 141 Å². The number of aromatic nitrogens is 2. The Kier molecular flexibility index (Phi) is 5.27. The number of azo groups is 1. The van der Waals surface area contributed by atoms with Crippen molar-refractivity contribution in [3.05, 3.63) is 69.0 Å². The number of nitrogens with zero attached hydrogens (tertiary/aromatic N) is 4. The lowest BCUT2D eigenvalue weighted by molar-refractivity contribution is -0.384. The molecule has 0 unspecified atom stereocenters. The zero-order valence-corrected chi connectivity index (χ0v) is 15.3. The predicted molar refractivity (Wildman–Crippen MR) is 106 cm³/mol. The Labute approximate surface area is 163 Å². The van der Waals surface area contributed by atoms with E-state index in [2.05, 4.69) is 15.3 Å². The molecule has 3 aromatic rings. The van der Waals surface area contributed by atoms with Gasteiger partial charge in [0.2, 0.25) is 0 Å². The number of nitro benzene ring substituents is 1. The second-order valence-electron chi connectivity index (χ2n) is 5.49. The first-order valence-corrected chi connectivity index (χ1v) is 8.27. The molecule has 0 aliphatic rings. The zero-order chi connectivity index (χ0) is 20.3. The molecule has 142 valence electrons. The number of thiocarbonyl (C=S) groups is 1. The average molecular weight is 398 g/mol. The summed E-state index contributed by atoms with van der Waals surface area (Å²) >= 11 is 4.87. The molecule has 0 amide bonds. The molecule has 0 fully saturated rings. The minimum atomic E-state index is -0.598. The van der Waals surface area contributed by atoms with Crippen molar-refractivity contribution in [2.45, 2.75) is 0 Å². The number of methoxy groups -OCH3 is 1. The molecule has 28 heavy (non-hydrogen) atoms. The molecule has 1 aromatic heterocycles. The maximum absolute atomic E-state index is 12.6. The monoisotopic (exact) mass is 398 g/mol. The quantitative estimate of drug-likeness (QED) is 0.292. The number of nitro groups is 1. The minimum absolute atomic E-state index is 0.0486. The summed E-state index contributed by atoms with van der Waals surface area (Å²) < 4.78 is 6.16. The second-order valence-corrected chi connectivity index (χ2v) is 5.91. The number of rotatable bonds is 5. The maximum atomic E-state index is 12.6. The van der Waals surface area contributed by atoms with Crippen LogP contribution in [0.15, 0.2) is 63.6 Å². The maximum Gasteiger partial charge on any atom is 0.301 e. The number of non-ortho nitro benzene ring substituents is 1. The van der Waals surface area contributed by atoms with Crippen LogP contribution < -0.4 is 16.0 Å². The number of hydrogen-bond acceptors (Lipinski definition) is 7. The molecule has 10 nitrogen and oxygen atoms in total. The van der Waals surface area contributed by atoms with Crippen molar-refractivity contribution in [2.24, 2.45) is 16.0 Å². The summed E-state index contributed by atoms with van der Waals surface area (Å²) in [5, 5.41) is 21.5. The van der Waals surface area contributed by atoms with Crippen molar-refractivity contribution in [3.8, 4) is 17.0 Å². The smallest absolute Gasteiger partial charge is 0.301 e. The zero-order valence-electron chi connectivity index (χ0n) is 14.5. The van der Waals surface area contributed by atoms with E-state index >= 15 is 0 Å². The highest BCUT2D eigenvalue weighted by molar-refractivity contribution is 7.80. The van der Waals surface area contributed by atoms with Crippen LogP contribution in [0.1, 0.15) is 0 Å². The first-order valence-electron chi connectivity index (χ1n) is 7.86. The Hall–Kier alpha value is -3.86. The van der Waals surface area contributed by atoms with Crippen LogP contribution >= 0.6 is 12.2 Å². The number of benzene rings is 2. The van der Waals surface area contributed by atoms with Crippen molar-refractivity contribution in [2.75, 3.05) is 7.11 Å². The summed E-state index contributed by atoms with van der Waals surface area (Å²) in [5.74, 6) is 0.480. The third-order valence-electron chi connectivity index (χ3n) is 3.80. The third kappa shape index (κ3) is 3.64. The van der Waals surface area contributed by atoms with Gasteiger partial charge in [0.1, 0.15) is 11.4 Å². The molecule has 0 saturated heterocycles. The second kappa shape index (κ2) is 7.80. The number of hydrogen-bond donors (Lipinski definition) is 2. The average Bonchev–Trinajstić information content (AvgIpc) is 3.03. The van der Waals surface area contributed by atoms with Gasteiger partial charge in [-0.1, -0.05) is 12.1 Å². The summed E-state index contributed by atoms with van der Waals surface area (Å²) in [6, 6.07) is 12.5. The largest absolute Gasteiger partial charge is 0.494 e. The molecule has 1 heterocycles. The lowest BCUT2D eigenvalue weighted by atomic mass is 10.1. The highest BCUT2D eigenvalue weighted by atomic mass is 32.1. The van der Waals surface area contributed by atoms with Crippen molar-refractivity contribution in [1.29, 1.82) is 0 Å². The molecule has 0 radical (unpaired) electrons. The van der Waals surface area contributed by atoms with Crippen LogP contribution in [0.25, 0.3) is 11.3 Å². The fraction of sp³-hybridized carbons (Fsp3) is 0.0588. The van der Waals surface area contributed by atoms with Gasteiger partial charge in [0, 0.05) is 17.7 Å². The minimum Gasteiger partial charge on any atom is -0.494 e. The Balaban J connectivity index is 2.12. The van der Waals surface area contributed by atoms with Crippen LogP contribution in [0.3, 0.4) is 0 Å². The van der Waals surface area contributed by atoms with E-state index in [-0.39, 0.29) is 22.2 Å². The molecular weight excluding hydrogens is 384 g/mol. The van der Waals surface area contributed by atoms with E-state index in [1.165, 1.54) is 31.4 Å². The van der Waals surface area contributed by atoms with Gasteiger partial charge in [-0.25, -0.2) is 0 Å². The summed E-state index contributed by atoms with van der Waals surface area (Å²) in [4.78, 5) is 23.0. The highest BCUT2D eigenvalue weighted by Gasteiger charge is 2.18. The van der Waals surface area contributed by atoms with E-state index in [1.54, 1.807) is 24.3 Å². The van der Waals surface area contributed by atoms with E-state index in [0.29, 0.717) is 17.0 Å². The molecule has 3 rings (SSSR count). The normalized spacial score (nSPS) is 10.9. The lowest BCUT2D eigenvalue weighted by Gasteiger charge is -2.02. The molecule has 2 aromatic carbocycles. The van der Waals surface area contributed by atoms with Crippen molar-refractivity contribution in [1.82, 2.24) is 9.78 Å². The lowest BCUT2D eigenvalue weighted by Crippen LogP contribution is -2.29. The Morgan fingerprint density at radius 1 is 1.21 bits per heavy atom. The molecular formula is C17H14N6O4S. The number of para-hydroxylation sites is 1. The first kappa shape index (κ1) is 18.9. The fourth-order valence-electron chi connectivity index (χ4n) is 2.44. The van der Waals surface area contributed by atoms with E-state index in [4.69, 9.17) is 22.7 Å². The molecule has 0 aliphatic heterocycles. The van der Waals surface area contributed by atoms with Gasteiger partial charge in [-0.2, -0.15) is 4.68 Å². The molecule has 0 bridgehead atoms. The van der Waals surface area contributed by atoms with Gasteiger partial charge in [0.25, 0.3) is 5.69 Å². The summed E-state index contributed by atoms with van der Waals surface area (Å²) in [5.41, 5.74) is 6.01. The van der Waals surface area contributed by atoms with Crippen LogP contribution in [0.2, 0.25) is 0 Å². The standard InChI is InChI=1S/C17H14N6O4S/c1-27-13-5-3-2-4-12(13)19-20-15-14(21-22(16(15)24)17(18)28)10-6-8-11(9-7-10)23(25)26/h2-9,21H,1H3,(H2,18,28). The van der Waals surface area contributed by atoms with Crippen molar-refractivity contribution in [3.63, 3.8) is 0 Å². The Morgan fingerprint density at radius 3 is 2.50 bits per heavy atom.